The molecule has 0 aromatic rings. The van der Waals surface area contributed by atoms with Crippen molar-refractivity contribution in [2.75, 3.05) is 0 Å². The van der Waals surface area contributed by atoms with Crippen LogP contribution in [0, 0.1) is 83.5 Å². The van der Waals surface area contributed by atoms with Gasteiger partial charge in [-0.25, -0.2) is 0 Å². The van der Waals surface area contributed by atoms with E-state index in [1.165, 1.54) is 0 Å². The fourth-order valence-corrected chi connectivity index (χ4v) is 0. The molecule has 2 radical (unpaired) electrons. The molecule has 36 nitrogen and oxygen atoms in total. The molecule has 0 aromatic heterocycles. The fourth-order valence-electron chi connectivity index (χ4n) is 0. The number of hydrogen-bond acceptors (Lipinski definition) is 28. The molecule has 0 saturated heterocycles. The monoisotopic (exact) mass is 1100 g/mol. The fraction of sp³-hybridized carbons (Fsp3) is 0. The van der Waals surface area contributed by atoms with E-state index >= 15 is 0 Å². The smallest absolute Gasteiger partial charge is 0.759 e. The molecule has 0 unspecified atom stereocenters. The Labute approximate surface area is 324 Å². The van der Waals surface area contributed by atoms with Crippen molar-refractivity contribution in [1.82, 2.24) is 49.2 Å². The van der Waals surface area contributed by atoms with Crippen LogP contribution in [0.2, 0.25) is 0 Å². The molecular weight excluding hydrogens is 1060 g/mol. The normalized spacial score (nSPS) is 9.02. The molecule has 0 fully saturated rings. The molecule has 0 saturated carbocycles. The Bertz CT molecular complexity index is 944. The molecule has 45 heavy (non-hydrogen) atoms. The summed E-state index contributed by atoms with van der Waals surface area (Å²) in [5.41, 5.74) is 0. The predicted octanol–water partition coefficient (Wildman–Crippen LogP) is -6.36. The van der Waals surface area contributed by atoms with Gasteiger partial charge in [-0.15, -0.1) is 0 Å². The Morgan fingerprint density at radius 3 is 0.178 bits per heavy atom. The summed E-state index contributed by atoms with van der Waals surface area (Å²) in [6.45, 7) is 0. The van der Waals surface area contributed by atoms with Crippen molar-refractivity contribution in [1.29, 1.82) is 0 Å². The van der Waals surface area contributed by atoms with Crippen molar-refractivity contribution in [3.8, 4) is 0 Å². The number of rotatable bonds is 0. The summed E-state index contributed by atoms with van der Waals surface area (Å²) in [6, 6.07) is 0. The van der Waals surface area contributed by atoms with Gasteiger partial charge in [-0.2, -0.15) is 0 Å². The van der Waals surface area contributed by atoms with Crippen LogP contribution in [0.3, 0.4) is 0 Å². The third-order valence-corrected chi connectivity index (χ3v) is 0. The van der Waals surface area contributed by atoms with E-state index in [-0.39, 0.29) is 133 Å². The minimum absolute atomic E-state index is 0. The van der Waals surface area contributed by atoms with E-state index in [9.17, 15) is 0 Å². The van der Waals surface area contributed by atoms with Gasteiger partial charge >= 0.3 is 83.5 Å². The summed E-state index contributed by atoms with van der Waals surface area (Å²) >= 11 is 0. The second-order valence-corrected chi connectivity index (χ2v) is 8.57. The van der Waals surface area contributed by atoms with Crippen LogP contribution in [0.5, 0.6) is 0 Å². The second-order valence-electron chi connectivity index (χ2n) is 2.86. The zero-order valence-electron chi connectivity index (χ0n) is 23.3. The van der Waals surface area contributed by atoms with Crippen LogP contribution >= 0.6 is 0 Å². The quantitative estimate of drug-likeness (QED) is 0.0826. The molecule has 0 heterocycles. The summed E-state index contributed by atoms with van der Waals surface area (Å²) in [7, 11) is -36.2. The molecule has 45 heteroatoms. The van der Waals surface area contributed by atoms with E-state index in [4.69, 9.17) is 123 Å². The maximum Gasteiger partial charge on any atom is 3.00 e. The van der Waals surface area contributed by atoms with E-state index < -0.39 is 72.8 Å². The van der Waals surface area contributed by atoms with Gasteiger partial charge in [0.05, 0.1) is 0 Å². The van der Waals surface area contributed by atoms with Gasteiger partial charge in [-0.05, 0) is 0 Å². The first-order valence-electron chi connectivity index (χ1n) is 4.67. The Balaban J connectivity index is -0.0000000131. The van der Waals surface area contributed by atoms with Crippen LogP contribution in [-0.4, -0.2) is 123 Å². The number of quaternary nitrogens is 8. The van der Waals surface area contributed by atoms with Gasteiger partial charge in [-0.3, -0.25) is 58.9 Å². The number of hydrogen-bond donors (Lipinski definition) is 8. The third kappa shape index (κ3) is 37200. The van der Waals surface area contributed by atoms with E-state index in [2.05, 4.69) is 0 Å². The standard InChI is InChI=1S/2Ce.8H3N.7H2O4S/c;;;;;;;;;;7*1-5(2,3)4/h;;8*1H3;7*(H2,1,2,3,4)/q2*+3;;;;;;;;;;;;;;;/p-6. The summed E-state index contributed by atoms with van der Waals surface area (Å²) in [6.07, 6.45) is 0. The minimum Gasteiger partial charge on any atom is -0.759 e. The molecule has 0 aliphatic heterocycles. The van der Waals surface area contributed by atoms with Crippen LogP contribution in [0.1, 0.15) is 0 Å². The molecule has 0 aliphatic rings. The summed E-state index contributed by atoms with van der Waals surface area (Å²) in [5, 5.41) is 0. The molecule has 0 aliphatic carbocycles. The van der Waals surface area contributed by atoms with Crippen LogP contribution in [0.4, 0.5) is 0 Å². The second kappa shape index (κ2) is 47.6. The molecule has 0 spiro atoms. The zero-order chi connectivity index (χ0) is 31.5. The first-order valence-corrected chi connectivity index (χ1v) is 14.0. The van der Waals surface area contributed by atoms with Gasteiger partial charge < -0.3 is 113 Å². The van der Waals surface area contributed by atoms with Crippen LogP contribution in [-0.2, 0) is 72.8 Å². The van der Waals surface area contributed by atoms with Crippen molar-refractivity contribution in [2.45, 2.75) is 0 Å². The van der Waals surface area contributed by atoms with E-state index in [0.717, 1.165) is 0 Å². The molecule has 0 atom stereocenters. The van der Waals surface area contributed by atoms with Crippen molar-refractivity contribution in [3.05, 3.63) is 0 Å². The van der Waals surface area contributed by atoms with Gasteiger partial charge in [0.1, 0.15) is 0 Å². The largest absolute Gasteiger partial charge is 3.00 e. The summed E-state index contributed by atoms with van der Waals surface area (Å²) in [5.74, 6) is 0. The van der Waals surface area contributed by atoms with E-state index in [0.29, 0.717) is 0 Å². The molecular formula is H32Ce2N8O28S7. The predicted molar refractivity (Wildman–Crippen MR) is 121 cm³/mol. The van der Waals surface area contributed by atoms with Crippen LogP contribution in [0.15, 0.2) is 0 Å². The SMILES string of the molecule is O=S(=O)([O-])[O-].O=S(=O)([O-])[O-].O=S(=O)([O-])[O-].O=S(=O)([O-])[O-].O=S(=O)([O-])[O-].O=S(=O)([O-])[O-].O=S(=O)([O-])[O-].[Ce+3].[Ce+3].[NH4+].[NH4+].[NH4+].[NH4+].[NH4+].[NH4+].[NH4+].[NH4+]. The van der Waals surface area contributed by atoms with Gasteiger partial charge in [-0.1, -0.05) is 0 Å². The van der Waals surface area contributed by atoms with E-state index in [1.807, 2.05) is 0 Å². The average Bonchev–Trinajstić information content (AvgIpc) is 2.06. The maximum absolute atomic E-state index is 8.52. The summed E-state index contributed by atoms with van der Waals surface area (Å²) in [4.78, 5) is 0. The van der Waals surface area contributed by atoms with Gasteiger partial charge in [0.2, 0.25) is 0 Å². The molecule has 290 valence electrons. The Morgan fingerprint density at radius 2 is 0.178 bits per heavy atom. The minimum atomic E-state index is -5.17. The Morgan fingerprint density at radius 1 is 0.178 bits per heavy atom. The molecule has 0 aromatic carbocycles. The van der Waals surface area contributed by atoms with Gasteiger partial charge in [0, 0.05) is 72.8 Å². The van der Waals surface area contributed by atoms with Gasteiger partial charge in [0.15, 0.2) is 0 Å². The van der Waals surface area contributed by atoms with Gasteiger partial charge in [0.25, 0.3) is 0 Å². The first kappa shape index (κ1) is 111. The van der Waals surface area contributed by atoms with Crippen molar-refractivity contribution in [2.24, 2.45) is 0 Å². The third-order valence-electron chi connectivity index (χ3n) is 0. The Hall–Kier alpha value is 1.52. The average molecular weight is 1100 g/mol. The van der Waals surface area contributed by atoms with Crippen molar-refractivity contribution < 1.29 is 206 Å². The summed E-state index contributed by atoms with van der Waals surface area (Å²) < 4.78 is 239. The van der Waals surface area contributed by atoms with E-state index in [1.54, 1.807) is 0 Å². The molecule has 0 amide bonds. The van der Waals surface area contributed by atoms with Crippen LogP contribution < -0.4 is 49.2 Å². The van der Waals surface area contributed by atoms with Crippen LogP contribution in [0.25, 0.3) is 0 Å². The molecule has 32 N–H and O–H groups in total. The first-order chi connectivity index (χ1) is 14.0. The maximum atomic E-state index is 8.52. The van der Waals surface area contributed by atoms with Crippen molar-refractivity contribution >= 4 is 72.8 Å². The topological polar surface area (TPSA) is 854 Å². The zero-order valence-corrected chi connectivity index (χ0v) is 35.3. The molecule has 0 rings (SSSR count). The van der Waals surface area contributed by atoms with Crippen molar-refractivity contribution in [3.63, 3.8) is 0 Å². The molecule has 0 bridgehead atoms. The Kier molecular flexibility index (Phi) is 117.